The van der Waals surface area contributed by atoms with E-state index in [4.69, 9.17) is 0 Å². The molecule has 2 heterocycles. The summed E-state index contributed by atoms with van der Waals surface area (Å²) in [5.41, 5.74) is 1.15. The lowest BCUT2D eigenvalue weighted by Crippen LogP contribution is -2.24. The van der Waals surface area contributed by atoms with Crippen molar-refractivity contribution in [3.63, 3.8) is 0 Å². The van der Waals surface area contributed by atoms with Crippen molar-refractivity contribution < 1.29 is 9.53 Å². The fourth-order valence-electron chi connectivity index (χ4n) is 1.74. The quantitative estimate of drug-likeness (QED) is 0.771. The average Bonchev–Trinajstić information content (AvgIpc) is 2.53. The number of aromatic nitrogens is 3. The molecule has 0 atom stereocenters. The highest BCUT2D eigenvalue weighted by molar-refractivity contribution is 5.86. The Morgan fingerprint density at radius 3 is 2.65 bits per heavy atom. The van der Waals surface area contributed by atoms with Gasteiger partial charge in [0.15, 0.2) is 5.69 Å². The van der Waals surface area contributed by atoms with Gasteiger partial charge in [-0.1, -0.05) is 6.07 Å². The van der Waals surface area contributed by atoms with E-state index in [-0.39, 0.29) is 5.69 Å². The van der Waals surface area contributed by atoms with Crippen molar-refractivity contribution in [2.45, 2.75) is 13.5 Å². The van der Waals surface area contributed by atoms with Crippen molar-refractivity contribution in [1.82, 2.24) is 15.0 Å². The first-order valence-corrected chi connectivity index (χ1v) is 6.29. The molecule has 0 N–H and O–H groups in total. The molecule has 0 aromatic carbocycles. The molecule has 0 fully saturated rings. The van der Waals surface area contributed by atoms with E-state index in [1.54, 1.807) is 12.4 Å². The maximum absolute atomic E-state index is 11.3. The van der Waals surface area contributed by atoms with Gasteiger partial charge in [-0.05, 0) is 19.1 Å². The lowest BCUT2D eigenvalue weighted by molar-refractivity contribution is 0.0593. The highest BCUT2D eigenvalue weighted by Gasteiger charge is 2.11. The van der Waals surface area contributed by atoms with Crippen LogP contribution in [0.4, 0.5) is 5.82 Å². The number of hydrogen-bond donors (Lipinski definition) is 0. The molecule has 0 amide bonds. The summed E-state index contributed by atoms with van der Waals surface area (Å²) in [7, 11) is 1.32. The van der Waals surface area contributed by atoms with Gasteiger partial charge < -0.3 is 9.64 Å². The van der Waals surface area contributed by atoms with Crippen LogP contribution in [0.1, 0.15) is 23.1 Å². The van der Waals surface area contributed by atoms with Crippen LogP contribution in [0.2, 0.25) is 0 Å². The van der Waals surface area contributed by atoms with E-state index in [2.05, 4.69) is 19.7 Å². The number of hydrogen-bond acceptors (Lipinski definition) is 6. The second kappa shape index (κ2) is 6.60. The second-order valence-corrected chi connectivity index (χ2v) is 4.09. The zero-order valence-electron chi connectivity index (χ0n) is 11.5. The fourth-order valence-corrected chi connectivity index (χ4v) is 1.74. The zero-order valence-corrected chi connectivity index (χ0v) is 11.5. The van der Waals surface area contributed by atoms with Crippen molar-refractivity contribution in [2.75, 3.05) is 18.6 Å². The van der Waals surface area contributed by atoms with E-state index in [1.807, 2.05) is 30.0 Å². The molecule has 0 saturated heterocycles. The van der Waals surface area contributed by atoms with E-state index in [9.17, 15) is 4.79 Å². The van der Waals surface area contributed by atoms with Crippen LogP contribution in [0.15, 0.2) is 36.8 Å². The average molecular weight is 272 g/mol. The van der Waals surface area contributed by atoms with E-state index in [0.717, 1.165) is 12.2 Å². The summed E-state index contributed by atoms with van der Waals surface area (Å²) in [5.74, 6) is 0.211. The van der Waals surface area contributed by atoms with Gasteiger partial charge in [0.05, 0.1) is 31.7 Å². The van der Waals surface area contributed by atoms with E-state index < -0.39 is 5.97 Å². The van der Waals surface area contributed by atoms with Crippen molar-refractivity contribution in [2.24, 2.45) is 0 Å². The smallest absolute Gasteiger partial charge is 0.358 e. The van der Waals surface area contributed by atoms with Crippen LogP contribution in [-0.2, 0) is 11.3 Å². The Morgan fingerprint density at radius 2 is 2.10 bits per heavy atom. The van der Waals surface area contributed by atoms with Crippen LogP contribution in [0.25, 0.3) is 0 Å². The largest absolute Gasteiger partial charge is 0.464 e. The van der Waals surface area contributed by atoms with Gasteiger partial charge in [-0.25, -0.2) is 14.8 Å². The first kappa shape index (κ1) is 13.9. The van der Waals surface area contributed by atoms with Crippen LogP contribution >= 0.6 is 0 Å². The molecule has 6 nitrogen and oxygen atoms in total. The standard InChI is InChI=1S/C14H16N4O2/c1-3-18(10-11-6-4-5-7-15-11)13-9-16-12(8-17-13)14(19)20-2/h4-9H,3,10H2,1-2H3. The minimum atomic E-state index is -0.489. The monoisotopic (exact) mass is 272 g/mol. The number of pyridine rings is 1. The normalized spacial score (nSPS) is 10.1. The molecule has 0 unspecified atom stereocenters. The Labute approximate surface area is 117 Å². The number of anilines is 1. The number of methoxy groups -OCH3 is 1. The lowest BCUT2D eigenvalue weighted by atomic mass is 10.3. The minimum absolute atomic E-state index is 0.199. The van der Waals surface area contributed by atoms with Crippen LogP contribution in [0, 0.1) is 0 Å². The zero-order chi connectivity index (χ0) is 14.4. The highest BCUT2D eigenvalue weighted by atomic mass is 16.5. The van der Waals surface area contributed by atoms with Gasteiger partial charge in [0.1, 0.15) is 5.82 Å². The van der Waals surface area contributed by atoms with Crippen LogP contribution in [0.5, 0.6) is 0 Å². The number of carbonyl (C=O) groups is 1. The number of ether oxygens (including phenoxy) is 1. The maximum Gasteiger partial charge on any atom is 0.358 e. The van der Waals surface area contributed by atoms with Crippen molar-refractivity contribution >= 4 is 11.8 Å². The molecular weight excluding hydrogens is 256 g/mol. The van der Waals surface area contributed by atoms with Crippen LogP contribution in [-0.4, -0.2) is 34.6 Å². The van der Waals surface area contributed by atoms with Gasteiger partial charge >= 0.3 is 5.97 Å². The predicted octanol–water partition coefficient (Wildman–Crippen LogP) is 1.68. The SMILES string of the molecule is CCN(Cc1ccccn1)c1cnc(C(=O)OC)cn1. The molecule has 0 bridgehead atoms. The Kier molecular flexibility index (Phi) is 4.60. The summed E-state index contributed by atoms with van der Waals surface area (Å²) in [6, 6.07) is 5.78. The summed E-state index contributed by atoms with van der Waals surface area (Å²) in [6.07, 6.45) is 4.75. The lowest BCUT2D eigenvalue weighted by Gasteiger charge is -2.21. The van der Waals surface area contributed by atoms with Gasteiger partial charge in [0.25, 0.3) is 0 Å². The second-order valence-electron chi connectivity index (χ2n) is 4.09. The Hall–Kier alpha value is -2.50. The molecule has 20 heavy (non-hydrogen) atoms. The molecule has 2 aromatic heterocycles. The van der Waals surface area contributed by atoms with Gasteiger partial charge in [-0.3, -0.25) is 4.98 Å². The molecule has 0 aliphatic rings. The molecule has 2 rings (SSSR count). The van der Waals surface area contributed by atoms with Crippen LogP contribution < -0.4 is 4.90 Å². The van der Waals surface area contributed by atoms with Crippen molar-refractivity contribution in [3.05, 3.63) is 48.2 Å². The third-order valence-electron chi connectivity index (χ3n) is 2.82. The molecule has 2 aromatic rings. The van der Waals surface area contributed by atoms with Gasteiger partial charge in [-0.2, -0.15) is 0 Å². The first-order valence-electron chi connectivity index (χ1n) is 6.29. The Morgan fingerprint density at radius 1 is 1.25 bits per heavy atom. The van der Waals surface area contributed by atoms with Gasteiger partial charge in [-0.15, -0.1) is 0 Å². The topological polar surface area (TPSA) is 68.2 Å². The van der Waals surface area contributed by atoms with Crippen LogP contribution in [0.3, 0.4) is 0 Å². The van der Waals surface area contributed by atoms with E-state index in [1.165, 1.54) is 13.3 Å². The van der Waals surface area contributed by atoms with Crippen molar-refractivity contribution in [3.8, 4) is 0 Å². The molecular formula is C14H16N4O2. The molecule has 0 aliphatic heterocycles. The number of rotatable bonds is 5. The fraction of sp³-hybridized carbons (Fsp3) is 0.286. The predicted molar refractivity (Wildman–Crippen MR) is 74.3 cm³/mol. The molecule has 104 valence electrons. The minimum Gasteiger partial charge on any atom is -0.464 e. The molecule has 0 radical (unpaired) electrons. The summed E-state index contributed by atoms with van der Waals surface area (Å²) >= 11 is 0. The van der Waals surface area contributed by atoms with Gasteiger partial charge in [0, 0.05) is 12.7 Å². The molecule has 6 heteroatoms. The first-order chi connectivity index (χ1) is 9.74. The molecule has 0 spiro atoms. The third-order valence-corrected chi connectivity index (χ3v) is 2.82. The van der Waals surface area contributed by atoms with E-state index >= 15 is 0 Å². The summed E-state index contributed by atoms with van der Waals surface area (Å²) in [5, 5.41) is 0. The number of carbonyl (C=O) groups excluding carboxylic acids is 1. The van der Waals surface area contributed by atoms with Gasteiger partial charge in [0.2, 0.25) is 0 Å². The number of nitrogens with zero attached hydrogens (tertiary/aromatic N) is 4. The number of esters is 1. The Balaban J connectivity index is 2.13. The third kappa shape index (κ3) is 3.28. The highest BCUT2D eigenvalue weighted by Crippen LogP contribution is 2.12. The summed E-state index contributed by atoms with van der Waals surface area (Å²) in [6.45, 7) is 3.44. The Bertz CT molecular complexity index is 557. The molecule has 0 aliphatic carbocycles. The summed E-state index contributed by atoms with van der Waals surface area (Å²) in [4.78, 5) is 25.9. The van der Waals surface area contributed by atoms with E-state index in [0.29, 0.717) is 12.4 Å². The van der Waals surface area contributed by atoms with Crippen molar-refractivity contribution in [1.29, 1.82) is 0 Å². The molecule has 0 saturated carbocycles. The summed E-state index contributed by atoms with van der Waals surface area (Å²) < 4.78 is 4.59. The maximum atomic E-state index is 11.3.